The Bertz CT molecular complexity index is 1290. The van der Waals surface area contributed by atoms with Crippen LogP contribution in [0.4, 0.5) is 5.69 Å². The first-order chi connectivity index (χ1) is 15.4. The maximum Gasteiger partial charge on any atom is 0.227 e. The minimum absolute atomic E-state index is 0.0319. The van der Waals surface area contributed by atoms with Crippen molar-refractivity contribution in [2.45, 2.75) is 31.4 Å². The Balaban J connectivity index is 1.24. The van der Waals surface area contributed by atoms with E-state index in [9.17, 15) is 13.2 Å². The molecule has 0 radical (unpaired) electrons. The lowest BCUT2D eigenvalue weighted by Gasteiger charge is -2.30. The van der Waals surface area contributed by atoms with Gasteiger partial charge < -0.3 is 5.32 Å². The van der Waals surface area contributed by atoms with E-state index in [2.05, 4.69) is 23.5 Å². The molecule has 1 N–H and O–H groups in total. The molecule has 1 heterocycles. The number of nitrogens with one attached hydrogen (secondary N) is 1. The predicted molar refractivity (Wildman–Crippen MR) is 128 cm³/mol. The van der Waals surface area contributed by atoms with Crippen molar-refractivity contribution in [3.8, 4) is 0 Å². The van der Waals surface area contributed by atoms with E-state index in [-0.39, 0.29) is 17.6 Å². The summed E-state index contributed by atoms with van der Waals surface area (Å²) in [4.78, 5) is 13.0. The largest absolute Gasteiger partial charge is 0.325 e. The number of sulfonamides is 1. The van der Waals surface area contributed by atoms with Crippen LogP contribution in [-0.4, -0.2) is 31.7 Å². The van der Waals surface area contributed by atoms with Crippen molar-refractivity contribution in [3.05, 3.63) is 76.3 Å². The molecule has 2 aliphatic rings. The van der Waals surface area contributed by atoms with Crippen LogP contribution in [0.25, 0.3) is 10.8 Å². The molecule has 0 atom stereocenters. The Hall–Kier alpha value is -2.41. The topological polar surface area (TPSA) is 66.5 Å². The number of carbonyl (C=O) groups is 1. The number of halogens is 1. The molecule has 0 aromatic heterocycles. The Kier molecular flexibility index (Phi) is 5.70. The Labute approximate surface area is 193 Å². The highest BCUT2D eigenvalue weighted by Gasteiger charge is 2.31. The Morgan fingerprint density at radius 1 is 1.00 bits per heavy atom. The number of benzene rings is 3. The van der Waals surface area contributed by atoms with Gasteiger partial charge >= 0.3 is 0 Å². The number of aryl methyl sites for hydroxylation is 2. The van der Waals surface area contributed by atoms with E-state index in [0.29, 0.717) is 36.5 Å². The van der Waals surface area contributed by atoms with Gasteiger partial charge in [0.2, 0.25) is 15.9 Å². The van der Waals surface area contributed by atoms with Crippen molar-refractivity contribution in [3.63, 3.8) is 0 Å². The Morgan fingerprint density at radius 2 is 1.72 bits per heavy atom. The number of hydrogen-bond acceptors (Lipinski definition) is 3. The summed E-state index contributed by atoms with van der Waals surface area (Å²) in [6.07, 6.45) is 3.13. The molecule has 1 aliphatic carbocycles. The zero-order valence-corrected chi connectivity index (χ0v) is 19.3. The molecule has 1 amide bonds. The molecule has 3 aromatic rings. The average Bonchev–Trinajstić information content (AvgIpc) is 3.20. The quantitative estimate of drug-likeness (QED) is 0.586. The zero-order valence-electron chi connectivity index (χ0n) is 17.7. The third-order valence-corrected chi connectivity index (χ3v) is 8.68. The van der Waals surface area contributed by atoms with Crippen LogP contribution < -0.4 is 5.32 Å². The first-order valence-electron chi connectivity index (χ1n) is 11.0. The summed E-state index contributed by atoms with van der Waals surface area (Å²) in [7, 11) is -3.45. The molecule has 5 rings (SSSR count). The molecule has 0 unspecified atom stereocenters. The van der Waals surface area contributed by atoms with Crippen molar-refractivity contribution in [2.75, 3.05) is 18.4 Å². The lowest BCUT2D eigenvalue weighted by Crippen LogP contribution is -2.41. The third kappa shape index (κ3) is 4.15. The minimum Gasteiger partial charge on any atom is -0.325 e. The molecule has 32 heavy (non-hydrogen) atoms. The molecule has 3 aromatic carbocycles. The molecule has 1 fully saturated rings. The second-order valence-electron chi connectivity index (χ2n) is 8.66. The second-order valence-corrected chi connectivity index (χ2v) is 11.1. The van der Waals surface area contributed by atoms with Crippen LogP contribution in [0.2, 0.25) is 5.02 Å². The SMILES string of the molecule is O=C(Nc1ccc2c3c(cccc13)CC2)C1CCN(S(=O)(=O)Cc2cccc(Cl)c2)CC1. The van der Waals surface area contributed by atoms with E-state index in [1.165, 1.54) is 20.8 Å². The normalized spacial score (nSPS) is 17.0. The van der Waals surface area contributed by atoms with Gasteiger partial charge in [-0.25, -0.2) is 12.7 Å². The highest BCUT2D eigenvalue weighted by molar-refractivity contribution is 7.88. The van der Waals surface area contributed by atoms with Gasteiger partial charge in [-0.3, -0.25) is 4.79 Å². The number of rotatable bonds is 5. The fraction of sp³-hybridized carbons (Fsp3) is 0.320. The molecule has 0 bridgehead atoms. The number of carbonyl (C=O) groups excluding carboxylic acids is 1. The average molecular weight is 469 g/mol. The monoisotopic (exact) mass is 468 g/mol. The van der Waals surface area contributed by atoms with Gasteiger partial charge in [0.25, 0.3) is 0 Å². The highest BCUT2D eigenvalue weighted by atomic mass is 35.5. The van der Waals surface area contributed by atoms with E-state index in [4.69, 9.17) is 11.6 Å². The van der Waals surface area contributed by atoms with Gasteiger partial charge in [0.1, 0.15) is 0 Å². The Morgan fingerprint density at radius 3 is 2.47 bits per heavy atom. The van der Waals surface area contributed by atoms with Crippen molar-refractivity contribution >= 4 is 44.0 Å². The number of anilines is 1. The van der Waals surface area contributed by atoms with E-state index >= 15 is 0 Å². The molecule has 1 aliphatic heterocycles. The molecule has 7 heteroatoms. The van der Waals surface area contributed by atoms with E-state index in [1.54, 1.807) is 24.3 Å². The van der Waals surface area contributed by atoms with Crippen LogP contribution in [0.3, 0.4) is 0 Å². The smallest absolute Gasteiger partial charge is 0.227 e. The van der Waals surface area contributed by atoms with Crippen LogP contribution in [0.1, 0.15) is 29.5 Å². The molecule has 1 saturated heterocycles. The summed E-state index contributed by atoms with van der Waals surface area (Å²) < 4.78 is 27.2. The van der Waals surface area contributed by atoms with E-state index in [0.717, 1.165) is 23.9 Å². The fourth-order valence-corrected chi connectivity index (χ4v) is 6.68. The van der Waals surface area contributed by atoms with Crippen molar-refractivity contribution in [1.29, 1.82) is 0 Å². The van der Waals surface area contributed by atoms with E-state index in [1.807, 2.05) is 12.1 Å². The van der Waals surface area contributed by atoms with Gasteiger partial charge in [0.05, 0.1) is 5.75 Å². The molecular formula is C25H25ClN2O3S. The van der Waals surface area contributed by atoms with Crippen molar-refractivity contribution in [1.82, 2.24) is 4.31 Å². The highest BCUT2D eigenvalue weighted by Crippen LogP contribution is 2.35. The maximum atomic E-state index is 13.0. The summed E-state index contributed by atoms with van der Waals surface area (Å²) in [5.74, 6) is -0.309. The third-order valence-electron chi connectivity index (χ3n) is 6.59. The number of piperidine rings is 1. The van der Waals surface area contributed by atoms with Crippen LogP contribution in [-0.2, 0) is 33.4 Å². The molecule has 166 valence electrons. The van der Waals surface area contributed by atoms with Crippen molar-refractivity contribution in [2.24, 2.45) is 5.92 Å². The standard InChI is InChI=1S/C25H25ClN2O3S/c26-21-5-1-3-17(15-21)16-32(30,31)28-13-11-20(12-14-28)25(29)27-23-10-9-19-8-7-18-4-2-6-22(23)24(18)19/h1-6,9-10,15,20H,7-8,11-14,16H2,(H,27,29). The lowest BCUT2D eigenvalue weighted by molar-refractivity contribution is -0.120. The summed E-state index contributed by atoms with van der Waals surface area (Å²) in [6, 6.07) is 17.3. The van der Waals surface area contributed by atoms with Gasteiger partial charge in [0.15, 0.2) is 0 Å². The maximum absolute atomic E-state index is 13.0. The van der Waals surface area contributed by atoms with Crippen LogP contribution in [0.5, 0.6) is 0 Å². The van der Waals surface area contributed by atoms with Gasteiger partial charge in [0, 0.05) is 35.1 Å². The van der Waals surface area contributed by atoms with Gasteiger partial charge in [-0.1, -0.05) is 48.0 Å². The minimum atomic E-state index is -3.45. The summed E-state index contributed by atoms with van der Waals surface area (Å²) >= 11 is 5.98. The first kappa shape index (κ1) is 21.4. The fourth-order valence-electron chi connectivity index (χ4n) is 4.92. The predicted octanol–water partition coefficient (Wildman–Crippen LogP) is 4.77. The van der Waals surface area contributed by atoms with Gasteiger partial charge in [-0.2, -0.15) is 0 Å². The van der Waals surface area contributed by atoms with Gasteiger partial charge in [-0.15, -0.1) is 0 Å². The summed E-state index contributed by atoms with van der Waals surface area (Å²) in [6.45, 7) is 0.704. The molecule has 0 saturated carbocycles. The van der Waals surface area contributed by atoms with Crippen molar-refractivity contribution < 1.29 is 13.2 Å². The molecular weight excluding hydrogens is 444 g/mol. The second kappa shape index (κ2) is 8.50. The van der Waals surface area contributed by atoms with Crippen LogP contribution in [0, 0.1) is 5.92 Å². The van der Waals surface area contributed by atoms with Gasteiger partial charge in [-0.05, 0) is 66.0 Å². The molecule has 0 spiro atoms. The lowest BCUT2D eigenvalue weighted by atomic mass is 9.96. The van der Waals surface area contributed by atoms with Crippen LogP contribution in [0.15, 0.2) is 54.6 Å². The number of amides is 1. The number of hydrogen-bond donors (Lipinski definition) is 1. The zero-order chi connectivity index (χ0) is 22.3. The number of nitrogens with zero attached hydrogens (tertiary/aromatic N) is 1. The summed E-state index contributed by atoms with van der Waals surface area (Å²) in [5.41, 5.74) is 4.19. The summed E-state index contributed by atoms with van der Waals surface area (Å²) in [5, 5.41) is 6.00. The molecule has 5 nitrogen and oxygen atoms in total. The van der Waals surface area contributed by atoms with E-state index < -0.39 is 10.0 Å². The first-order valence-corrected chi connectivity index (χ1v) is 13.0. The van der Waals surface area contributed by atoms with Crippen LogP contribution >= 0.6 is 11.6 Å².